The highest BCUT2D eigenvalue weighted by molar-refractivity contribution is 9.10. The van der Waals surface area contributed by atoms with Crippen LogP contribution in [0.2, 0.25) is 0 Å². The lowest BCUT2D eigenvalue weighted by molar-refractivity contribution is 0.569. The van der Waals surface area contributed by atoms with E-state index in [0.717, 1.165) is 9.35 Å². The van der Waals surface area contributed by atoms with Gasteiger partial charge in [0, 0.05) is 8.95 Å². The molecule has 0 aliphatic heterocycles. The maximum Gasteiger partial charge on any atom is 0.348 e. The Morgan fingerprint density at radius 3 is 2.32 bits per heavy atom. The molecule has 124 valence electrons. The molecular weight excluding hydrogens is 456 g/mol. The highest BCUT2D eigenvalue weighted by atomic mass is 79.9. The molecule has 7 nitrogen and oxygen atoms in total. The van der Waals surface area contributed by atoms with Crippen LogP contribution in [0.25, 0.3) is 21.8 Å². The molecule has 0 spiro atoms. The quantitative estimate of drug-likeness (QED) is 0.468. The predicted molar refractivity (Wildman–Crippen MR) is 101 cm³/mol. The van der Waals surface area contributed by atoms with Gasteiger partial charge in [0.1, 0.15) is 6.33 Å². The summed E-state index contributed by atoms with van der Waals surface area (Å²) in [5, 5.41) is 0.563. The third-order valence-electron chi connectivity index (χ3n) is 3.76. The molecule has 4 rings (SSSR count). The van der Waals surface area contributed by atoms with Gasteiger partial charge in [-0.05, 0) is 36.4 Å². The van der Waals surface area contributed by atoms with Gasteiger partial charge in [0.05, 0.1) is 21.8 Å². The van der Waals surface area contributed by atoms with E-state index in [4.69, 9.17) is 0 Å². The highest BCUT2D eigenvalue weighted by Gasteiger charge is 2.13. The Morgan fingerprint density at radius 1 is 0.880 bits per heavy atom. The van der Waals surface area contributed by atoms with Crippen molar-refractivity contribution in [3.8, 4) is 0 Å². The first-order chi connectivity index (χ1) is 12.0. The smallest absolute Gasteiger partial charge is 0.305 e. The molecule has 0 bridgehead atoms. The Kier molecular flexibility index (Phi) is 3.69. The molecule has 0 atom stereocenters. The number of rotatable bonds is 1. The lowest BCUT2D eigenvalue weighted by Gasteiger charge is -2.09. The van der Waals surface area contributed by atoms with E-state index in [1.165, 1.54) is 6.33 Å². The largest absolute Gasteiger partial charge is 0.348 e. The third kappa shape index (κ3) is 2.56. The molecule has 0 fully saturated rings. The number of hydrogen-bond acceptors (Lipinski definition) is 4. The van der Waals surface area contributed by atoms with Gasteiger partial charge in [0.2, 0.25) is 0 Å². The Bertz CT molecular complexity index is 1340. The van der Waals surface area contributed by atoms with Crippen molar-refractivity contribution in [3.05, 3.63) is 82.9 Å². The maximum absolute atomic E-state index is 12.8. The van der Waals surface area contributed by atoms with E-state index in [1.807, 2.05) is 0 Å². The molecule has 0 radical (unpaired) electrons. The molecule has 0 unspecified atom stereocenters. The zero-order chi connectivity index (χ0) is 17.7. The van der Waals surface area contributed by atoms with Crippen molar-refractivity contribution in [1.29, 1.82) is 0 Å². The van der Waals surface area contributed by atoms with Crippen molar-refractivity contribution < 1.29 is 0 Å². The average molecular weight is 464 g/mol. The van der Waals surface area contributed by atoms with Crippen LogP contribution in [0, 0.1) is 0 Å². The van der Waals surface area contributed by atoms with E-state index >= 15 is 0 Å². The van der Waals surface area contributed by atoms with Crippen LogP contribution in [0.5, 0.6) is 0 Å². The summed E-state index contributed by atoms with van der Waals surface area (Å²) in [6, 6.07) is 9.94. The average Bonchev–Trinajstić information content (AvgIpc) is 2.58. The van der Waals surface area contributed by atoms with Crippen LogP contribution in [0.4, 0.5) is 0 Å². The molecule has 0 aliphatic rings. The molecular formula is C16H8Br2N4O3. The summed E-state index contributed by atoms with van der Waals surface area (Å²) < 4.78 is 3.03. The van der Waals surface area contributed by atoms with Crippen molar-refractivity contribution in [2.24, 2.45) is 0 Å². The lowest BCUT2D eigenvalue weighted by Crippen LogP contribution is -2.44. The molecule has 0 saturated heterocycles. The highest BCUT2D eigenvalue weighted by Crippen LogP contribution is 2.15. The Hall–Kier alpha value is -2.52. The first-order valence-corrected chi connectivity index (χ1v) is 8.66. The fourth-order valence-corrected chi connectivity index (χ4v) is 3.32. The first-order valence-electron chi connectivity index (χ1n) is 7.08. The van der Waals surface area contributed by atoms with Gasteiger partial charge in [-0.25, -0.2) is 9.78 Å². The lowest BCUT2D eigenvalue weighted by atomic mass is 10.2. The molecule has 0 amide bonds. The number of hydrogen-bond donors (Lipinski definition) is 1. The minimum atomic E-state index is -0.724. The van der Waals surface area contributed by atoms with Crippen LogP contribution in [0.15, 0.2) is 66.1 Å². The van der Waals surface area contributed by atoms with Crippen LogP contribution in [-0.2, 0) is 0 Å². The number of aromatic nitrogens is 4. The van der Waals surface area contributed by atoms with E-state index < -0.39 is 16.8 Å². The van der Waals surface area contributed by atoms with Crippen LogP contribution in [0.3, 0.4) is 0 Å². The second-order valence-corrected chi connectivity index (χ2v) is 7.12. The summed E-state index contributed by atoms with van der Waals surface area (Å²) >= 11 is 6.59. The molecule has 2 aromatic heterocycles. The zero-order valence-electron chi connectivity index (χ0n) is 12.4. The molecule has 25 heavy (non-hydrogen) atoms. The van der Waals surface area contributed by atoms with Crippen LogP contribution >= 0.6 is 31.9 Å². The molecule has 2 heterocycles. The molecule has 4 aromatic rings. The van der Waals surface area contributed by atoms with Gasteiger partial charge in [-0.15, -0.1) is 0 Å². The topological polar surface area (TPSA) is 89.8 Å². The van der Waals surface area contributed by atoms with Gasteiger partial charge in [-0.3, -0.25) is 9.59 Å². The second-order valence-electron chi connectivity index (χ2n) is 5.29. The second kappa shape index (κ2) is 5.78. The maximum atomic E-state index is 12.8. The zero-order valence-corrected chi connectivity index (χ0v) is 15.5. The van der Waals surface area contributed by atoms with E-state index in [2.05, 4.69) is 41.8 Å². The molecule has 2 aromatic carbocycles. The summed E-state index contributed by atoms with van der Waals surface area (Å²) in [5.74, 6) is 0. The Labute approximate surface area is 155 Å². The van der Waals surface area contributed by atoms with Crippen molar-refractivity contribution in [2.45, 2.75) is 0 Å². The summed E-state index contributed by atoms with van der Waals surface area (Å²) in [4.78, 5) is 44.7. The number of nitrogens with zero attached hydrogens (tertiary/aromatic N) is 3. The van der Waals surface area contributed by atoms with Gasteiger partial charge in [-0.1, -0.05) is 31.9 Å². The van der Waals surface area contributed by atoms with Crippen molar-refractivity contribution in [1.82, 2.24) is 19.3 Å². The number of nitrogens with one attached hydrogen (secondary N) is 1. The molecule has 9 heteroatoms. The van der Waals surface area contributed by atoms with Crippen molar-refractivity contribution >= 4 is 53.7 Å². The standard InChI is InChI=1S/C16H8Br2N4O3/c17-8-1-3-12-10(5-8)14(23)21(7-19-12)22-15(24)11-6-9(18)2-4-13(11)20-16(22)25/h1-7H,(H,20,25). The summed E-state index contributed by atoms with van der Waals surface area (Å²) in [5.41, 5.74) is -0.999. The summed E-state index contributed by atoms with van der Waals surface area (Å²) in [7, 11) is 0. The predicted octanol–water partition coefficient (Wildman–Crippen LogP) is 2.24. The van der Waals surface area contributed by atoms with E-state index in [1.54, 1.807) is 36.4 Å². The Morgan fingerprint density at radius 2 is 1.56 bits per heavy atom. The fraction of sp³-hybridized carbons (Fsp3) is 0. The molecule has 0 aliphatic carbocycles. The van der Waals surface area contributed by atoms with Gasteiger partial charge in [0.15, 0.2) is 0 Å². The molecule has 0 saturated carbocycles. The minimum Gasteiger partial charge on any atom is -0.305 e. The number of H-pyrrole nitrogens is 1. The van der Waals surface area contributed by atoms with Crippen LogP contribution < -0.4 is 16.8 Å². The van der Waals surface area contributed by atoms with Crippen LogP contribution in [-0.4, -0.2) is 19.3 Å². The monoisotopic (exact) mass is 462 g/mol. The van der Waals surface area contributed by atoms with E-state index in [9.17, 15) is 14.4 Å². The van der Waals surface area contributed by atoms with Gasteiger partial charge in [-0.2, -0.15) is 9.35 Å². The summed E-state index contributed by atoms with van der Waals surface area (Å²) in [6.07, 6.45) is 1.17. The third-order valence-corrected chi connectivity index (χ3v) is 4.74. The van der Waals surface area contributed by atoms with E-state index in [0.29, 0.717) is 20.0 Å². The number of benzene rings is 2. The van der Waals surface area contributed by atoms with E-state index in [-0.39, 0.29) is 10.8 Å². The first kappa shape index (κ1) is 16.0. The molecule has 1 N–H and O–H groups in total. The fourth-order valence-electron chi connectivity index (χ4n) is 2.60. The van der Waals surface area contributed by atoms with Crippen molar-refractivity contribution in [3.63, 3.8) is 0 Å². The van der Waals surface area contributed by atoms with Crippen LogP contribution in [0.1, 0.15) is 0 Å². The minimum absolute atomic E-state index is 0.273. The number of halogens is 2. The van der Waals surface area contributed by atoms with Gasteiger partial charge in [0.25, 0.3) is 11.1 Å². The van der Waals surface area contributed by atoms with Gasteiger partial charge < -0.3 is 4.98 Å². The van der Waals surface area contributed by atoms with Gasteiger partial charge >= 0.3 is 5.69 Å². The Balaban J connectivity index is 2.14. The number of aromatic amines is 1. The number of fused-ring (bicyclic) bond motifs is 2. The SMILES string of the molecule is O=c1c2cc(Br)ccc2ncn1-n1c(=O)[nH]c2ccc(Br)cc2c1=O. The normalized spacial score (nSPS) is 11.3. The summed E-state index contributed by atoms with van der Waals surface area (Å²) in [6.45, 7) is 0. The van der Waals surface area contributed by atoms with Crippen molar-refractivity contribution in [2.75, 3.05) is 0 Å².